The normalized spacial score (nSPS) is 14.2. The van der Waals surface area contributed by atoms with Gasteiger partial charge in [-0.1, -0.05) is 39.5 Å². The van der Waals surface area contributed by atoms with Crippen LogP contribution in [0.3, 0.4) is 0 Å². The van der Waals surface area contributed by atoms with Crippen molar-refractivity contribution >= 4 is 0 Å². The number of aliphatic hydroxyl groups excluding tert-OH is 1. The molecule has 102 valence electrons. The fraction of sp³-hybridized carbons (Fsp3) is 0.714. The number of ether oxygens (including phenoxy) is 1. The molecule has 1 rings (SSSR count). The number of aromatic nitrogens is 2. The number of hydrogen-bond donors (Lipinski definition) is 1. The van der Waals surface area contributed by atoms with Crippen LogP contribution in [0.2, 0.25) is 0 Å². The zero-order valence-electron chi connectivity index (χ0n) is 11.6. The maximum atomic E-state index is 10.1. The average molecular weight is 252 g/mol. The van der Waals surface area contributed by atoms with Crippen LogP contribution in [0.15, 0.2) is 12.1 Å². The summed E-state index contributed by atoms with van der Waals surface area (Å²) in [6.45, 7) is 4.37. The van der Waals surface area contributed by atoms with Crippen molar-refractivity contribution in [2.45, 2.75) is 52.1 Å². The molecule has 0 aliphatic rings. The monoisotopic (exact) mass is 252 g/mol. The number of unbranched alkanes of at least 4 members (excludes halogenated alkanes) is 1. The summed E-state index contributed by atoms with van der Waals surface area (Å²) in [5.41, 5.74) is 0.630. The van der Waals surface area contributed by atoms with E-state index >= 15 is 0 Å². The average Bonchev–Trinajstić information content (AvgIpc) is 2.43. The lowest BCUT2D eigenvalue weighted by atomic mass is 9.92. The van der Waals surface area contributed by atoms with Crippen molar-refractivity contribution in [1.29, 1.82) is 0 Å². The zero-order chi connectivity index (χ0) is 13.4. The van der Waals surface area contributed by atoms with Crippen LogP contribution in [0, 0.1) is 5.92 Å². The fourth-order valence-corrected chi connectivity index (χ4v) is 2.03. The second kappa shape index (κ2) is 8.03. The van der Waals surface area contributed by atoms with Crippen LogP contribution in [0.4, 0.5) is 0 Å². The van der Waals surface area contributed by atoms with Gasteiger partial charge >= 0.3 is 0 Å². The Hall–Kier alpha value is -1.16. The van der Waals surface area contributed by atoms with E-state index in [9.17, 15) is 5.11 Å². The molecule has 0 aliphatic heterocycles. The standard InChI is InChI=1S/C14H24N2O2/c1-4-6-7-11(5-2)10-13(17)12-8-9-14(18-3)16-15-12/h8-9,11,13,17H,4-7,10H2,1-3H3. The summed E-state index contributed by atoms with van der Waals surface area (Å²) in [6, 6.07) is 3.52. The van der Waals surface area contributed by atoms with E-state index in [2.05, 4.69) is 24.0 Å². The molecular weight excluding hydrogens is 228 g/mol. The number of rotatable bonds is 8. The Balaban J connectivity index is 2.53. The SMILES string of the molecule is CCCCC(CC)CC(O)c1ccc(OC)nn1. The maximum absolute atomic E-state index is 10.1. The Kier molecular flexibility index (Phi) is 6.65. The van der Waals surface area contributed by atoms with Crippen molar-refractivity contribution in [3.05, 3.63) is 17.8 Å². The van der Waals surface area contributed by atoms with Crippen LogP contribution in [-0.2, 0) is 0 Å². The summed E-state index contributed by atoms with van der Waals surface area (Å²) in [5, 5.41) is 18.0. The molecule has 0 saturated carbocycles. The highest BCUT2D eigenvalue weighted by atomic mass is 16.5. The van der Waals surface area contributed by atoms with Crippen LogP contribution in [-0.4, -0.2) is 22.4 Å². The summed E-state index contributed by atoms with van der Waals surface area (Å²) in [6.07, 6.45) is 4.94. The van der Waals surface area contributed by atoms with Crippen LogP contribution in [0.1, 0.15) is 57.7 Å². The highest BCUT2D eigenvalue weighted by molar-refractivity contribution is 5.12. The topological polar surface area (TPSA) is 55.2 Å². The van der Waals surface area contributed by atoms with E-state index in [1.807, 2.05) is 0 Å². The first kappa shape index (κ1) is 14.9. The van der Waals surface area contributed by atoms with Crippen molar-refractivity contribution in [1.82, 2.24) is 10.2 Å². The van der Waals surface area contributed by atoms with Crippen molar-refractivity contribution in [3.63, 3.8) is 0 Å². The summed E-state index contributed by atoms with van der Waals surface area (Å²) >= 11 is 0. The molecule has 2 atom stereocenters. The van der Waals surface area contributed by atoms with Gasteiger partial charge in [-0.2, -0.15) is 0 Å². The molecule has 0 aliphatic carbocycles. The van der Waals surface area contributed by atoms with E-state index in [4.69, 9.17) is 4.74 Å². The van der Waals surface area contributed by atoms with E-state index in [-0.39, 0.29) is 0 Å². The molecule has 1 aromatic rings. The molecule has 18 heavy (non-hydrogen) atoms. The Morgan fingerprint density at radius 3 is 2.56 bits per heavy atom. The van der Waals surface area contributed by atoms with E-state index in [0.29, 0.717) is 17.5 Å². The van der Waals surface area contributed by atoms with Crippen molar-refractivity contribution in [2.24, 2.45) is 5.92 Å². The third-order valence-corrected chi connectivity index (χ3v) is 3.31. The smallest absolute Gasteiger partial charge is 0.233 e. The van der Waals surface area contributed by atoms with E-state index in [1.165, 1.54) is 19.3 Å². The Labute approximate surface area is 109 Å². The Morgan fingerprint density at radius 2 is 2.06 bits per heavy atom. The third kappa shape index (κ3) is 4.61. The molecule has 0 amide bonds. The largest absolute Gasteiger partial charge is 0.480 e. The van der Waals surface area contributed by atoms with Gasteiger partial charge in [0.1, 0.15) is 0 Å². The van der Waals surface area contributed by atoms with E-state index in [0.717, 1.165) is 12.8 Å². The minimum Gasteiger partial charge on any atom is -0.480 e. The maximum Gasteiger partial charge on any atom is 0.233 e. The van der Waals surface area contributed by atoms with E-state index in [1.54, 1.807) is 19.2 Å². The lowest BCUT2D eigenvalue weighted by Gasteiger charge is -2.18. The van der Waals surface area contributed by atoms with Crippen LogP contribution in [0.5, 0.6) is 5.88 Å². The second-order valence-electron chi connectivity index (χ2n) is 4.67. The first-order chi connectivity index (χ1) is 8.71. The lowest BCUT2D eigenvalue weighted by molar-refractivity contribution is 0.133. The summed E-state index contributed by atoms with van der Waals surface area (Å²) in [5.74, 6) is 1.04. The summed E-state index contributed by atoms with van der Waals surface area (Å²) in [4.78, 5) is 0. The highest BCUT2D eigenvalue weighted by Crippen LogP contribution is 2.25. The van der Waals surface area contributed by atoms with Gasteiger partial charge in [0.05, 0.1) is 18.9 Å². The fourth-order valence-electron chi connectivity index (χ4n) is 2.03. The van der Waals surface area contributed by atoms with E-state index < -0.39 is 6.10 Å². The Bertz CT molecular complexity index is 327. The number of hydrogen-bond acceptors (Lipinski definition) is 4. The van der Waals surface area contributed by atoms with Gasteiger partial charge in [0, 0.05) is 6.07 Å². The van der Waals surface area contributed by atoms with Crippen LogP contribution < -0.4 is 4.74 Å². The first-order valence-electron chi connectivity index (χ1n) is 6.76. The zero-order valence-corrected chi connectivity index (χ0v) is 11.6. The quantitative estimate of drug-likeness (QED) is 0.772. The van der Waals surface area contributed by atoms with Gasteiger partial charge in [0.25, 0.3) is 0 Å². The number of nitrogens with zero attached hydrogens (tertiary/aromatic N) is 2. The molecule has 0 spiro atoms. The molecule has 1 heterocycles. The molecule has 0 bridgehead atoms. The van der Waals surface area contributed by atoms with Crippen LogP contribution >= 0.6 is 0 Å². The van der Waals surface area contributed by atoms with Crippen LogP contribution in [0.25, 0.3) is 0 Å². The van der Waals surface area contributed by atoms with Gasteiger partial charge in [-0.3, -0.25) is 0 Å². The highest BCUT2D eigenvalue weighted by Gasteiger charge is 2.16. The molecule has 1 aromatic heterocycles. The van der Waals surface area contributed by atoms with Crippen molar-refractivity contribution < 1.29 is 9.84 Å². The molecule has 0 radical (unpaired) electrons. The number of methoxy groups -OCH3 is 1. The van der Waals surface area contributed by atoms with Crippen molar-refractivity contribution in [3.8, 4) is 5.88 Å². The molecule has 0 aromatic carbocycles. The minimum absolute atomic E-state index is 0.476. The lowest BCUT2D eigenvalue weighted by Crippen LogP contribution is -2.09. The molecule has 2 unspecified atom stereocenters. The third-order valence-electron chi connectivity index (χ3n) is 3.31. The van der Waals surface area contributed by atoms with Gasteiger partial charge in [0.2, 0.25) is 5.88 Å². The molecular formula is C14H24N2O2. The minimum atomic E-state index is -0.523. The summed E-state index contributed by atoms with van der Waals surface area (Å²) in [7, 11) is 1.55. The second-order valence-corrected chi connectivity index (χ2v) is 4.67. The van der Waals surface area contributed by atoms with Gasteiger partial charge in [0.15, 0.2) is 0 Å². The molecule has 0 fully saturated rings. The Morgan fingerprint density at radius 1 is 1.28 bits per heavy atom. The van der Waals surface area contributed by atoms with Gasteiger partial charge < -0.3 is 9.84 Å². The molecule has 0 saturated heterocycles. The van der Waals surface area contributed by atoms with Crippen molar-refractivity contribution in [2.75, 3.05) is 7.11 Å². The van der Waals surface area contributed by atoms with Gasteiger partial charge in [-0.05, 0) is 18.4 Å². The predicted molar refractivity (Wildman–Crippen MR) is 71.5 cm³/mol. The molecule has 4 nitrogen and oxygen atoms in total. The predicted octanol–water partition coefficient (Wildman–Crippen LogP) is 3.13. The molecule has 1 N–H and O–H groups in total. The molecule has 4 heteroatoms. The first-order valence-corrected chi connectivity index (χ1v) is 6.76. The summed E-state index contributed by atoms with van der Waals surface area (Å²) < 4.78 is 4.95. The van der Waals surface area contributed by atoms with Gasteiger partial charge in [-0.15, -0.1) is 10.2 Å². The van der Waals surface area contributed by atoms with Gasteiger partial charge in [-0.25, -0.2) is 0 Å². The number of aliphatic hydroxyl groups is 1.